The van der Waals surface area contributed by atoms with Crippen LogP contribution in [0.5, 0.6) is 0 Å². The van der Waals surface area contributed by atoms with E-state index in [1.807, 2.05) is 13.0 Å². The summed E-state index contributed by atoms with van der Waals surface area (Å²) in [5.41, 5.74) is 1.11. The molecule has 0 unspecified atom stereocenters. The minimum absolute atomic E-state index is 0.916. The molecule has 0 N–H and O–H groups in total. The average molecular weight is 331 g/mol. The Bertz CT molecular complexity index is 740. The molecule has 7 heteroatoms. The zero-order chi connectivity index (χ0) is 14.9. The highest BCUT2D eigenvalue weighted by molar-refractivity contribution is 7.22. The summed E-state index contributed by atoms with van der Waals surface area (Å²) in [7, 11) is 0. The zero-order valence-corrected chi connectivity index (χ0v) is 14.0. The minimum atomic E-state index is 0.916. The number of aromatic nitrogens is 3. The fourth-order valence-corrected chi connectivity index (χ4v) is 4.45. The highest BCUT2D eigenvalue weighted by atomic mass is 32.1. The molecule has 5 nitrogen and oxygen atoms in total. The number of para-hydroxylation sites is 1. The Kier molecular flexibility index (Phi) is 3.77. The second kappa shape index (κ2) is 5.91. The quantitative estimate of drug-likeness (QED) is 0.738. The fourth-order valence-electron chi connectivity index (χ4n) is 2.69. The molecule has 0 amide bonds. The first-order chi connectivity index (χ1) is 10.8. The van der Waals surface area contributed by atoms with Gasteiger partial charge in [-0.05, 0) is 19.1 Å². The van der Waals surface area contributed by atoms with E-state index in [4.69, 9.17) is 4.98 Å². The molecule has 0 atom stereocenters. The second-order valence-electron chi connectivity index (χ2n) is 5.44. The molecular formula is C15H17N5S2. The van der Waals surface area contributed by atoms with Crippen molar-refractivity contribution in [1.82, 2.24) is 20.1 Å². The number of benzene rings is 1. The lowest BCUT2D eigenvalue weighted by molar-refractivity contribution is 0.249. The fraction of sp³-hybridized carbons (Fsp3) is 0.400. The van der Waals surface area contributed by atoms with Crippen molar-refractivity contribution in [3.63, 3.8) is 0 Å². The third-order valence-corrected chi connectivity index (χ3v) is 5.77. The van der Waals surface area contributed by atoms with Crippen LogP contribution in [-0.4, -0.2) is 46.3 Å². The lowest BCUT2D eigenvalue weighted by Gasteiger charge is -2.33. The molecule has 114 valence electrons. The van der Waals surface area contributed by atoms with E-state index in [0.717, 1.165) is 53.4 Å². The summed E-state index contributed by atoms with van der Waals surface area (Å²) in [5, 5.41) is 11.6. The SMILES string of the molecule is Cc1nnc(CN2CCN(c3nc4ccccc4s3)CC2)s1. The van der Waals surface area contributed by atoms with Crippen LogP contribution in [0, 0.1) is 6.92 Å². The number of aryl methyl sites for hydroxylation is 1. The number of nitrogens with zero attached hydrogens (tertiary/aromatic N) is 5. The highest BCUT2D eigenvalue weighted by Gasteiger charge is 2.20. The van der Waals surface area contributed by atoms with Crippen LogP contribution in [0.15, 0.2) is 24.3 Å². The lowest BCUT2D eigenvalue weighted by Crippen LogP contribution is -2.45. The Morgan fingerprint density at radius 3 is 2.59 bits per heavy atom. The lowest BCUT2D eigenvalue weighted by atomic mass is 10.3. The molecule has 0 radical (unpaired) electrons. The van der Waals surface area contributed by atoms with E-state index in [1.54, 1.807) is 22.7 Å². The normalized spacial score (nSPS) is 16.5. The average Bonchev–Trinajstić information content (AvgIpc) is 3.14. The monoisotopic (exact) mass is 331 g/mol. The van der Waals surface area contributed by atoms with E-state index in [-0.39, 0.29) is 0 Å². The van der Waals surface area contributed by atoms with Gasteiger partial charge in [0.2, 0.25) is 0 Å². The Balaban J connectivity index is 1.40. The molecule has 22 heavy (non-hydrogen) atoms. The molecule has 3 aromatic rings. The van der Waals surface area contributed by atoms with Crippen LogP contribution in [0.4, 0.5) is 5.13 Å². The van der Waals surface area contributed by atoms with Gasteiger partial charge in [0, 0.05) is 26.2 Å². The topological polar surface area (TPSA) is 45.2 Å². The molecule has 2 aromatic heterocycles. The maximum atomic E-state index is 4.75. The summed E-state index contributed by atoms with van der Waals surface area (Å²) in [6.45, 7) is 7.07. The summed E-state index contributed by atoms with van der Waals surface area (Å²) < 4.78 is 1.27. The number of piperazine rings is 1. The van der Waals surface area contributed by atoms with E-state index < -0.39 is 0 Å². The van der Waals surface area contributed by atoms with Crippen LogP contribution >= 0.6 is 22.7 Å². The smallest absolute Gasteiger partial charge is 0.186 e. The van der Waals surface area contributed by atoms with Crippen LogP contribution < -0.4 is 4.90 Å². The molecule has 4 rings (SSSR count). The van der Waals surface area contributed by atoms with Crippen LogP contribution in [0.25, 0.3) is 10.2 Å². The summed E-state index contributed by atoms with van der Waals surface area (Å²) >= 11 is 3.48. The Morgan fingerprint density at radius 2 is 1.86 bits per heavy atom. The molecule has 0 aliphatic carbocycles. The predicted octanol–water partition coefficient (Wildman–Crippen LogP) is 2.78. The molecule has 0 spiro atoms. The minimum Gasteiger partial charge on any atom is -0.345 e. The summed E-state index contributed by atoms with van der Waals surface area (Å²) in [6, 6.07) is 8.36. The number of thiazole rings is 1. The molecule has 1 aliphatic heterocycles. The largest absolute Gasteiger partial charge is 0.345 e. The summed E-state index contributed by atoms with van der Waals surface area (Å²) in [5.74, 6) is 0. The third kappa shape index (κ3) is 2.84. The van der Waals surface area contributed by atoms with Crippen molar-refractivity contribution >= 4 is 38.0 Å². The third-order valence-electron chi connectivity index (χ3n) is 3.85. The predicted molar refractivity (Wildman–Crippen MR) is 91.8 cm³/mol. The summed E-state index contributed by atoms with van der Waals surface area (Å²) in [4.78, 5) is 9.60. The molecule has 0 bridgehead atoms. The number of fused-ring (bicyclic) bond motifs is 1. The van der Waals surface area contributed by atoms with E-state index in [2.05, 4.69) is 38.2 Å². The first-order valence-electron chi connectivity index (χ1n) is 7.40. The van der Waals surface area contributed by atoms with Gasteiger partial charge < -0.3 is 4.90 Å². The van der Waals surface area contributed by atoms with Gasteiger partial charge in [-0.15, -0.1) is 21.5 Å². The molecule has 1 saturated heterocycles. The van der Waals surface area contributed by atoms with Crippen molar-refractivity contribution in [3.05, 3.63) is 34.3 Å². The van der Waals surface area contributed by atoms with Crippen molar-refractivity contribution in [3.8, 4) is 0 Å². The first kappa shape index (κ1) is 14.0. The Hall–Kier alpha value is -1.57. The van der Waals surface area contributed by atoms with E-state index in [0.29, 0.717) is 0 Å². The van der Waals surface area contributed by atoms with Crippen molar-refractivity contribution in [1.29, 1.82) is 0 Å². The Morgan fingerprint density at radius 1 is 1.05 bits per heavy atom. The second-order valence-corrected chi connectivity index (χ2v) is 7.72. The van der Waals surface area contributed by atoms with Crippen molar-refractivity contribution < 1.29 is 0 Å². The zero-order valence-electron chi connectivity index (χ0n) is 12.4. The van der Waals surface area contributed by atoms with Crippen LogP contribution in [-0.2, 0) is 6.54 Å². The summed E-state index contributed by atoms with van der Waals surface area (Å²) in [6.07, 6.45) is 0. The molecular weight excluding hydrogens is 314 g/mol. The van der Waals surface area contributed by atoms with E-state index in [1.165, 1.54) is 4.70 Å². The maximum Gasteiger partial charge on any atom is 0.186 e. The standard InChI is InChI=1S/C15H17N5S2/c1-11-17-18-14(21-11)10-19-6-8-20(9-7-19)15-16-12-4-2-3-5-13(12)22-15/h2-5H,6-10H2,1H3. The molecule has 1 aromatic carbocycles. The van der Waals surface area contributed by atoms with Crippen LogP contribution in [0.3, 0.4) is 0 Å². The maximum absolute atomic E-state index is 4.75. The van der Waals surface area contributed by atoms with Gasteiger partial charge in [-0.2, -0.15) is 0 Å². The van der Waals surface area contributed by atoms with E-state index in [9.17, 15) is 0 Å². The van der Waals surface area contributed by atoms with Gasteiger partial charge in [0.15, 0.2) is 5.13 Å². The van der Waals surface area contributed by atoms with Crippen LogP contribution in [0.1, 0.15) is 10.0 Å². The van der Waals surface area contributed by atoms with E-state index >= 15 is 0 Å². The highest BCUT2D eigenvalue weighted by Crippen LogP contribution is 2.29. The van der Waals surface area contributed by atoms with Crippen molar-refractivity contribution in [2.24, 2.45) is 0 Å². The van der Waals surface area contributed by atoms with Gasteiger partial charge in [-0.1, -0.05) is 23.5 Å². The molecule has 1 fully saturated rings. The molecule has 0 saturated carbocycles. The molecule has 1 aliphatic rings. The van der Waals surface area contributed by atoms with Crippen molar-refractivity contribution in [2.45, 2.75) is 13.5 Å². The van der Waals surface area contributed by atoms with Gasteiger partial charge in [-0.3, -0.25) is 4.90 Å². The first-order valence-corrected chi connectivity index (χ1v) is 9.03. The Labute approximate surface area is 137 Å². The van der Waals surface area contributed by atoms with Gasteiger partial charge >= 0.3 is 0 Å². The van der Waals surface area contributed by atoms with Gasteiger partial charge in [0.25, 0.3) is 0 Å². The number of hydrogen-bond donors (Lipinski definition) is 0. The van der Waals surface area contributed by atoms with Gasteiger partial charge in [0.1, 0.15) is 10.0 Å². The van der Waals surface area contributed by atoms with Crippen LogP contribution in [0.2, 0.25) is 0 Å². The van der Waals surface area contributed by atoms with Gasteiger partial charge in [0.05, 0.1) is 16.8 Å². The van der Waals surface area contributed by atoms with Gasteiger partial charge in [-0.25, -0.2) is 4.98 Å². The number of hydrogen-bond acceptors (Lipinski definition) is 7. The number of rotatable bonds is 3. The van der Waals surface area contributed by atoms with Crippen molar-refractivity contribution in [2.75, 3.05) is 31.1 Å². The number of anilines is 1. The molecule has 3 heterocycles.